The van der Waals surface area contributed by atoms with E-state index in [0.29, 0.717) is 23.7 Å². The van der Waals surface area contributed by atoms with Gasteiger partial charge in [0, 0.05) is 0 Å². The fourth-order valence-electron chi connectivity index (χ4n) is 2.76. The molecule has 1 fully saturated rings. The number of methoxy groups -OCH3 is 1. The molecule has 1 heterocycles. The lowest BCUT2D eigenvalue weighted by Gasteiger charge is -2.29. The van der Waals surface area contributed by atoms with Gasteiger partial charge in [0.1, 0.15) is 5.57 Å². The number of anilines is 1. The highest BCUT2D eigenvalue weighted by molar-refractivity contribution is 7.80. The van der Waals surface area contributed by atoms with Gasteiger partial charge in [0.25, 0.3) is 11.8 Å². The van der Waals surface area contributed by atoms with Crippen LogP contribution in [0.2, 0.25) is 10.0 Å². The standard InChI is InChI=1S/C20H16Cl2N2O4S/c1-3-28-16-10-11(7-8-15(16)27-2)9-12-18(25)23-20(29)24(19(12)26)14-6-4-5-13(21)17(14)22/h4-10H,3H2,1-2H3,(H,23,25,29)/b12-9+. The van der Waals surface area contributed by atoms with Crippen LogP contribution in [-0.2, 0) is 9.59 Å². The normalized spacial score (nSPS) is 15.5. The van der Waals surface area contributed by atoms with Crippen molar-refractivity contribution in [3.63, 3.8) is 0 Å². The van der Waals surface area contributed by atoms with Crippen molar-refractivity contribution < 1.29 is 19.1 Å². The zero-order valence-corrected chi connectivity index (χ0v) is 17.8. The maximum Gasteiger partial charge on any atom is 0.270 e. The van der Waals surface area contributed by atoms with E-state index in [1.165, 1.54) is 13.2 Å². The number of hydrogen-bond acceptors (Lipinski definition) is 5. The van der Waals surface area contributed by atoms with Crippen LogP contribution < -0.4 is 19.7 Å². The summed E-state index contributed by atoms with van der Waals surface area (Å²) in [4.78, 5) is 26.7. The number of amides is 2. The summed E-state index contributed by atoms with van der Waals surface area (Å²) in [5, 5.41) is 2.85. The van der Waals surface area contributed by atoms with Crippen LogP contribution in [0.5, 0.6) is 11.5 Å². The molecule has 1 aliphatic heterocycles. The lowest BCUT2D eigenvalue weighted by Crippen LogP contribution is -2.54. The number of rotatable bonds is 5. The van der Waals surface area contributed by atoms with Gasteiger partial charge in [-0.25, -0.2) is 0 Å². The molecule has 3 rings (SSSR count). The van der Waals surface area contributed by atoms with Gasteiger partial charge in [-0.1, -0.05) is 35.3 Å². The highest BCUT2D eigenvalue weighted by Gasteiger charge is 2.35. The molecule has 1 saturated heterocycles. The van der Waals surface area contributed by atoms with Crippen LogP contribution in [0.4, 0.5) is 5.69 Å². The van der Waals surface area contributed by atoms with Gasteiger partial charge >= 0.3 is 0 Å². The first-order valence-corrected chi connectivity index (χ1v) is 9.70. The smallest absolute Gasteiger partial charge is 0.270 e. The number of thiocarbonyl (C=S) groups is 1. The molecule has 0 aromatic heterocycles. The molecule has 0 atom stereocenters. The quantitative estimate of drug-likeness (QED) is 0.419. The zero-order chi connectivity index (χ0) is 21.1. The van der Waals surface area contributed by atoms with E-state index in [1.807, 2.05) is 6.92 Å². The summed E-state index contributed by atoms with van der Waals surface area (Å²) in [6, 6.07) is 9.90. The lowest BCUT2D eigenvalue weighted by atomic mass is 10.1. The summed E-state index contributed by atoms with van der Waals surface area (Å²) in [7, 11) is 1.53. The summed E-state index contributed by atoms with van der Waals surface area (Å²) >= 11 is 17.5. The van der Waals surface area contributed by atoms with E-state index in [4.69, 9.17) is 44.9 Å². The fraction of sp³-hybridized carbons (Fsp3) is 0.150. The SMILES string of the molecule is CCOc1cc(/C=C2\C(=O)NC(=S)N(c3cccc(Cl)c3Cl)C2=O)ccc1OC. The molecule has 0 aliphatic carbocycles. The average Bonchev–Trinajstić information content (AvgIpc) is 2.69. The second-order valence-corrected chi connectivity index (χ2v) is 7.05. The summed E-state index contributed by atoms with van der Waals surface area (Å²) in [6.07, 6.45) is 1.45. The van der Waals surface area contributed by atoms with Crippen LogP contribution in [0.1, 0.15) is 12.5 Å². The van der Waals surface area contributed by atoms with Crippen molar-refractivity contribution in [2.24, 2.45) is 0 Å². The predicted molar refractivity (Wildman–Crippen MR) is 117 cm³/mol. The van der Waals surface area contributed by atoms with E-state index >= 15 is 0 Å². The number of ether oxygens (including phenoxy) is 2. The van der Waals surface area contributed by atoms with Crippen molar-refractivity contribution in [2.75, 3.05) is 18.6 Å². The molecule has 0 radical (unpaired) electrons. The molecule has 2 aromatic rings. The Kier molecular flexibility index (Phi) is 6.42. The number of halogens is 2. The van der Waals surface area contributed by atoms with Crippen LogP contribution in [0.25, 0.3) is 6.08 Å². The Bertz CT molecular complexity index is 1040. The minimum Gasteiger partial charge on any atom is -0.493 e. The molecule has 1 N–H and O–H groups in total. The van der Waals surface area contributed by atoms with Gasteiger partial charge in [-0.2, -0.15) is 0 Å². The summed E-state index contributed by atoms with van der Waals surface area (Å²) in [5.74, 6) is -0.180. The van der Waals surface area contributed by atoms with Crippen molar-refractivity contribution >= 4 is 64.1 Å². The van der Waals surface area contributed by atoms with E-state index in [-0.39, 0.29) is 26.4 Å². The monoisotopic (exact) mass is 450 g/mol. The first-order chi connectivity index (χ1) is 13.9. The molecule has 0 spiro atoms. The molecular weight excluding hydrogens is 435 g/mol. The Hall–Kier alpha value is -2.61. The molecule has 0 unspecified atom stereocenters. The molecule has 6 nitrogen and oxygen atoms in total. The second-order valence-electron chi connectivity index (χ2n) is 5.87. The molecular formula is C20H16Cl2N2O4S. The minimum absolute atomic E-state index is 0.0777. The van der Waals surface area contributed by atoms with Gasteiger partial charge in [-0.3, -0.25) is 19.8 Å². The van der Waals surface area contributed by atoms with E-state index in [0.717, 1.165) is 4.90 Å². The van der Waals surface area contributed by atoms with E-state index in [2.05, 4.69) is 5.32 Å². The minimum atomic E-state index is -0.614. The molecule has 2 aromatic carbocycles. The van der Waals surface area contributed by atoms with Crippen LogP contribution in [0, 0.1) is 0 Å². The van der Waals surface area contributed by atoms with Gasteiger partial charge in [0.15, 0.2) is 16.6 Å². The molecule has 2 amide bonds. The van der Waals surface area contributed by atoms with Crippen molar-refractivity contribution in [3.05, 3.63) is 57.6 Å². The maximum absolute atomic E-state index is 13.1. The Morgan fingerprint density at radius 3 is 2.62 bits per heavy atom. The van der Waals surface area contributed by atoms with Gasteiger partial charge in [0.05, 0.1) is 29.4 Å². The van der Waals surface area contributed by atoms with E-state index in [9.17, 15) is 9.59 Å². The molecule has 150 valence electrons. The Labute approximate surface area is 183 Å². The average molecular weight is 451 g/mol. The number of nitrogens with one attached hydrogen (secondary N) is 1. The Morgan fingerprint density at radius 1 is 1.17 bits per heavy atom. The Balaban J connectivity index is 2.04. The highest BCUT2D eigenvalue weighted by atomic mass is 35.5. The summed E-state index contributed by atoms with van der Waals surface area (Å²) in [5.41, 5.74) is 0.754. The first-order valence-electron chi connectivity index (χ1n) is 8.53. The largest absolute Gasteiger partial charge is 0.493 e. The molecule has 9 heteroatoms. The van der Waals surface area contributed by atoms with Crippen molar-refractivity contribution in [1.82, 2.24) is 5.32 Å². The number of carbonyl (C=O) groups excluding carboxylic acids is 2. The van der Waals surface area contributed by atoms with Crippen LogP contribution in [0.15, 0.2) is 42.0 Å². The number of nitrogens with zero attached hydrogens (tertiary/aromatic N) is 1. The third-order valence-electron chi connectivity index (χ3n) is 4.07. The van der Waals surface area contributed by atoms with Crippen LogP contribution in [0.3, 0.4) is 0 Å². The number of carbonyl (C=O) groups is 2. The topological polar surface area (TPSA) is 67.9 Å². The number of hydrogen-bond donors (Lipinski definition) is 1. The molecule has 0 bridgehead atoms. The lowest BCUT2D eigenvalue weighted by molar-refractivity contribution is -0.122. The van der Waals surface area contributed by atoms with Gasteiger partial charge < -0.3 is 9.47 Å². The summed E-state index contributed by atoms with van der Waals surface area (Å²) < 4.78 is 10.8. The van der Waals surface area contributed by atoms with Gasteiger partial charge in [0.2, 0.25) is 0 Å². The van der Waals surface area contributed by atoms with Gasteiger partial charge in [-0.15, -0.1) is 0 Å². The third kappa shape index (κ3) is 4.22. The molecule has 0 saturated carbocycles. The van der Waals surface area contributed by atoms with Crippen molar-refractivity contribution in [2.45, 2.75) is 6.92 Å². The van der Waals surface area contributed by atoms with E-state index < -0.39 is 11.8 Å². The molecule has 1 aliphatic rings. The fourth-order valence-corrected chi connectivity index (χ4v) is 3.41. The van der Waals surface area contributed by atoms with E-state index in [1.54, 1.807) is 36.4 Å². The second kappa shape index (κ2) is 8.82. The Morgan fingerprint density at radius 2 is 1.93 bits per heavy atom. The van der Waals surface area contributed by atoms with Crippen molar-refractivity contribution in [1.29, 1.82) is 0 Å². The van der Waals surface area contributed by atoms with Gasteiger partial charge in [-0.05, 0) is 55.0 Å². The van der Waals surface area contributed by atoms with Crippen molar-refractivity contribution in [3.8, 4) is 11.5 Å². The first kappa shape index (κ1) is 21.1. The number of benzene rings is 2. The maximum atomic E-state index is 13.1. The molecule has 29 heavy (non-hydrogen) atoms. The van der Waals surface area contributed by atoms with Crippen LogP contribution in [-0.4, -0.2) is 30.6 Å². The third-order valence-corrected chi connectivity index (χ3v) is 5.17. The summed E-state index contributed by atoms with van der Waals surface area (Å²) in [6.45, 7) is 2.28. The predicted octanol–water partition coefficient (Wildman–Crippen LogP) is 4.23. The zero-order valence-electron chi connectivity index (χ0n) is 15.5. The highest BCUT2D eigenvalue weighted by Crippen LogP contribution is 2.35. The van der Waals surface area contributed by atoms with Crippen LogP contribution >= 0.6 is 35.4 Å².